The Morgan fingerprint density at radius 3 is 2.60 bits per heavy atom. The molecule has 3 aliphatic carbocycles. The molecule has 0 spiro atoms. The molecule has 0 aliphatic heterocycles. The van der Waals surface area contributed by atoms with E-state index >= 15 is 0 Å². The van der Waals surface area contributed by atoms with Crippen LogP contribution in [0.3, 0.4) is 0 Å². The van der Waals surface area contributed by atoms with Crippen LogP contribution in [0.15, 0.2) is 29.3 Å². The number of hydrogen-bond donors (Lipinski definition) is 0. The van der Waals surface area contributed by atoms with Gasteiger partial charge in [0.25, 0.3) is 0 Å². The zero-order valence-corrected chi connectivity index (χ0v) is 17.3. The van der Waals surface area contributed by atoms with E-state index in [2.05, 4.69) is 45.3 Å². The minimum absolute atomic E-state index is 0.402. The summed E-state index contributed by atoms with van der Waals surface area (Å²) < 4.78 is 0. The molecule has 0 saturated heterocycles. The maximum Gasteiger partial charge on any atom is 0.0276 e. The Morgan fingerprint density at radius 2 is 1.96 bits per heavy atom. The van der Waals surface area contributed by atoms with Crippen LogP contribution in [-0.2, 0) is 0 Å². The summed E-state index contributed by atoms with van der Waals surface area (Å²) in [4.78, 5) is 4.60. The third kappa shape index (κ3) is 2.86. The van der Waals surface area contributed by atoms with Crippen LogP contribution in [0.1, 0.15) is 79.1 Å². The van der Waals surface area contributed by atoms with Gasteiger partial charge in [-0.2, -0.15) is 0 Å². The Kier molecular flexibility index (Phi) is 5.33. The Balaban J connectivity index is 1.93. The molecule has 6 unspecified atom stereocenters. The average Bonchev–Trinajstić information content (AvgIpc) is 2.94. The van der Waals surface area contributed by atoms with Gasteiger partial charge in [0.05, 0.1) is 0 Å². The zero-order chi connectivity index (χ0) is 18.2. The van der Waals surface area contributed by atoms with Crippen molar-refractivity contribution in [3.05, 3.63) is 24.3 Å². The Bertz CT molecular complexity index is 571. The molecule has 0 N–H and O–H groups in total. The second-order valence-corrected chi connectivity index (χ2v) is 9.55. The first-order chi connectivity index (χ1) is 11.9. The SMILES string of the molecule is C=C/C=C1/CCC2C(CCC3(C)C(C(C)=NC)CCC23)C1(C)CCC. The Labute approximate surface area is 156 Å². The average molecular weight is 342 g/mol. The lowest BCUT2D eigenvalue weighted by Crippen LogP contribution is -2.50. The molecule has 1 nitrogen and oxygen atoms in total. The molecule has 3 saturated carbocycles. The van der Waals surface area contributed by atoms with Gasteiger partial charge in [0, 0.05) is 18.7 Å². The molecule has 25 heavy (non-hydrogen) atoms. The smallest absolute Gasteiger partial charge is 0.0276 e. The fourth-order valence-electron chi connectivity index (χ4n) is 7.45. The van der Waals surface area contributed by atoms with E-state index in [1.165, 1.54) is 57.1 Å². The molecule has 140 valence electrons. The minimum atomic E-state index is 0.402. The van der Waals surface area contributed by atoms with Gasteiger partial charge in [0.1, 0.15) is 0 Å². The normalized spacial score (nSPS) is 46.0. The van der Waals surface area contributed by atoms with Crippen molar-refractivity contribution in [1.29, 1.82) is 0 Å². The number of fused-ring (bicyclic) bond motifs is 3. The molecule has 0 amide bonds. The van der Waals surface area contributed by atoms with Crippen LogP contribution in [0.2, 0.25) is 0 Å². The van der Waals surface area contributed by atoms with Crippen molar-refractivity contribution < 1.29 is 0 Å². The van der Waals surface area contributed by atoms with Gasteiger partial charge in [-0.25, -0.2) is 0 Å². The predicted octanol–water partition coefficient (Wildman–Crippen LogP) is 6.85. The zero-order valence-electron chi connectivity index (χ0n) is 17.3. The number of hydrogen-bond acceptors (Lipinski definition) is 1. The van der Waals surface area contributed by atoms with Gasteiger partial charge in [-0.1, -0.05) is 51.5 Å². The van der Waals surface area contributed by atoms with Gasteiger partial charge in [0.15, 0.2) is 0 Å². The fraction of sp³-hybridized carbons (Fsp3) is 0.792. The Morgan fingerprint density at radius 1 is 1.20 bits per heavy atom. The molecule has 0 aromatic heterocycles. The van der Waals surface area contributed by atoms with Crippen LogP contribution in [-0.4, -0.2) is 12.8 Å². The van der Waals surface area contributed by atoms with Gasteiger partial charge >= 0.3 is 0 Å². The van der Waals surface area contributed by atoms with E-state index in [9.17, 15) is 0 Å². The topological polar surface area (TPSA) is 12.4 Å². The second kappa shape index (κ2) is 7.05. The van der Waals surface area contributed by atoms with Gasteiger partial charge in [0.2, 0.25) is 0 Å². The van der Waals surface area contributed by atoms with E-state index in [-0.39, 0.29) is 0 Å². The molecular formula is C24H39N. The first-order valence-electron chi connectivity index (χ1n) is 10.7. The number of aliphatic imine (C=N–C) groups is 1. The quantitative estimate of drug-likeness (QED) is 0.496. The largest absolute Gasteiger partial charge is 0.297 e. The molecule has 0 aromatic rings. The molecule has 0 aromatic carbocycles. The second-order valence-electron chi connectivity index (χ2n) is 9.55. The van der Waals surface area contributed by atoms with Gasteiger partial charge in [-0.15, -0.1) is 0 Å². The van der Waals surface area contributed by atoms with E-state index in [0.29, 0.717) is 10.8 Å². The highest BCUT2D eigenvalue weighted by Crippen LogP contribution is 2.66. The predicted molar refractivity (Wildman–Crippen MR) is 110 cm³/mol. The van der Waals surface area contributed by atoms with Crippen LogP contribution in [0.5, 0.6) is 0 Å². The summed E-state index contributed by atoms with van der Waals surface area (Å²) in [6.45, 7) is 13.8. The number of allylic oxidation sites excluding steroid dienone is 3. The van der Waals surface area contributed by atoms with E-state index in [1.54, 1.807) is 5.57 Å². The number of nitrogens with zero attached hydrogens (tertiary/aromatic N) is 1. The highest BCUT2D eigenvalue weighted by Gasteiger charge is 2.58. The summed E-state index contributed by atoms with van der Waals surface area (Å²) in [7, 11) is 1.99. The fourth-order valence-corrected chi connectivity index (χ4v) is 7.45. The van der Waals surface area contributed by atoms with Crippen LogP contribution in [0.4, 0.5) is 0 Å². The van der Waals surface area contributed by atoms with E-state index < -0.39 is 0 Å². The summed E-state index contributed by atoms with van der Waals surface area (Å²) in [6, 6.07) is 0. The summed E-state index contributed by atoms with van der Waals surface area (Å²) in [6.07, 6.45) is 15.3. The van der Waals surface area contributed by atoms with Crippen LogP contribution in [0.25, 0.3) is 0 Å². The molecule has 3 fully saturated rings. The first-order valence-corrected chi connectivity index (χ1v) is 10.7. The molecule has 0 radical (unpaired) electrons. The van der Waals surface area contributed by atoms with Crippen molar-refractivity contribution in [2.45, 2.75) is 79.1 Å². The lowest BCUT2D eigenvalue weighted by atomic mass is 9.47. The standard InChI is InChI=1S/C24H39N/c1-7-9-18-10-11-19-21-13-12-20(17(3)25-6)24(21,5)16-14-22(19)23(18,4)15-8-2/h7,9,19-22H,1,8,10-16H2,2-6H3/b18-9-,25-17?. The number of rotatable bonds is 4. The van der Waals surface area contributed by atoms with E-state index in [1.807, 2.05) is 13.1 Å². The van der Waals surface area contributed by atoms with Crippen LogP contribution in [0, 0.1) is 34.5 Å². The molecule has 0 heterocycles. The molecule has 3 rings (SSSR count). The van der Waals surface area contributed by atoms with Gasteiger partial charge in [-0.05, 0) is 80.5 Å². The van der Waals surface area contributed by atoms with Crippen molar-refractivity contribution in [2.75, 3.05) is 7.05 Å². The van der Waals surface area contributed by atoms with E-state index in [4.69, 9.17) is 0 Å². The highest BCUT2D eigenvalue weighted by atomic mass is 14.7. The molecule has 3 aliphatic rings. The van der Waals surface area contributed by atoms with Crippen molar-refractivity contribution in [1.82, 2.24) is 0 Å². The summed E-state index contributed by atoms with van der Waals surface area (Å²) in [5, 5.41) is 0. The van der Waals surface area contributed by atoms with Crippen molar-refractivity contribution >= 4 is 5.71 Å². The monoisotopic (exact) mass is 341 g/mol. The third-order valence-corrected chi connectivity index (χ3v) is 8.68. The highest BCUT2D eigenvalue weighted by molar-refractivity contribution is 5.85. The van der Waals surface area contributed by atoms with E-state index in [0.717, 1.165) is 23.7 Å². The Hall–Kier alpha value is -0.850. The summed E-state index contributed by atoms with van der Waals surface area (Å²) >= 11 is 0. The maximum atomic E-state index is 4.60. The van der Waals surface area contributed by atoms with Gasteiger partial charge < -0.3 is 0 Å². The van der Waals surface area contributed by atoms with Crippen LogP contribution < -0.4 is 0 Å². The molecular weight excluding hydrogens is 302 g/mol. The summed E-state index contributed by atoms with van der Waals surface area (Å²) in [5.74, 6) is 3.44. The third-order valence-electron chi connectivity index (χ3n) is 8.68. The molecule has 6 atom stereocenters. The maximum absolute atomic E-state index is 4.60. The van der Waals surface area contributed by atoms with Crippen LogP contribution >= 0.6 is 0 Å². The lowest BCUT2D eigenvalue weighted by molar-refractivity contribution is -0.0408. The minimum Gasteiger partial charge on any atom is -0.297 e. The van der Waals surface area contributed by atoms with Crippen molar-refractivity contribution in [3.8, 4) is 0 Å². The van der Waals surface area contributed by atoms with Crippen molar-refractivity contribution in [2.24, 2.45) is 39.5 Å². The molecule has 0 bridgehead atoms. The lowest BCUT2D eigenvalue weighted by Gasteiger charge is -2.57. The van der Waals surface area contributed by atoms with Crippen molar-refractivity contribution in [3.63, 3.8) is 0 Å². The van der Waals surface area contributed by atoms with Gasteiger partial charge in [-0.3, -0.25) is 4.99 Å². The summed E-state index contributed by atoms with van der Waals surface area (Å²) in [5.41, 5.74) is 3.99. The first kappa shape index (κ1) is 18.9. The molecule has 1 heteroatoms.